The highest BCUT2D eigenvalue weighted by Crippen LogP contribution is 2.30. The number of anilines is 1. The lowest BCUT2D eigenvalue weighted by Gasteiger charge is -2.10. The maximum absolute atomic E-state index is 11.8. The number of aryl methyl sites for hydroxylation is 2. The van der Waals surface area contributed by atoms with E-state index in [1.54, 1.807) is 6.07 Å². The van der Waals surface area contributed by atoms with Gasteiger partial charge in [0, 0.05) is 5.69 Å². The van der Waals surface area contributed by atoms with Crippen LogP contribution in [0, 0.1) is 13.8 Å². The number of oxazole rings is 1. The van der Waals surface area contributed by atoms with E-state index < -0.39 is 5.97 Å². The van der Waals surface area contributed by atoms with Gasteiger partial charge in [0.1, 0.15) is 6.26 Å². The lowest BCUT2D eigenvalue weighted by atomic mass is 10.0. The summed E-state index contributed by atoms with van der Waals surface area (Å²) in [5.41, 5.74) is 8.69. The minimum Gasteiger partial charge on any atom is -0.465 e. The molecule has 0 amide bonds. The fourth-order valence-corrected chi connectivity index (χ4v) is 1.70. The number of methoxy groups -OCH3 is 1. The molecule has 0 spiro atoms. The number of carbonyl (C=O) groups excluding carboxylic acids is 1. The molecule has 1 aromatic carbocycles. The molecule has 0 aliphatic rings. The van der Waals surface area contributed by atoms with Gasteiger partial charge in [-0.15, -0.1) is 0 Å². The Hall–Kier alpha value is -2.30. The van der Waals surface area contributed by atoms with E-state index in [2.05, 4.69) is 4.98 Å². The van der Waals surface area contributed by atoms with Gasteiger partial charge >= 0.3 is 5.97 Å². The molecule has 0 fully saturated rings. The Morgan fingerprint density at radius 1 is 1.39 bits per heavy atom. The van der Waals surface area contributed by atoms with Crippen molar-refractivity contribution in [1.29, 1.82) is 0 Å². The molecule has 0 unspecified atom stereocenters. The van der Waals surface area contributed by atoms with Crippen molar-refractivity contribution in [3.63, 3.8) is 0 Å². The summed E-state index contributed by atoms with van der Waals surface area (Å²) in [6.45, 7) is 3.63. The number of aromatic nitrogens is 1. The van der Waals surface area contributed by atoms with E-state index in [-0.39, 0.29) is 0 Å². The number of hydrogen-bond acceptors (Lipinski definition) is 5. The Balaban J connectivity index is 2.67. The van der Waals surface area contributed by atoms with Gasteiger partial charge < -0.3 is 14.9 Å². The van der Waals surface area contributed by atoms with Gasteiger partial charge in [-0.05, 0) is 25.5 Å². The minimum absolute atomic E-state index is 0.291. The number of carbonyl (C=O) groups is 1. The molecule has 0 aliphatic carbocycles. The number of benzene rings is 1. The molecule has 0 radical (unpaired) electrons. The molecule has 5 nitrogen and oxygen atoms in total. The number of rotatable bonds is 2. The normalized spacial score (nSPS) is 10.4. The molecule has 18 heavy (non-hydrogen) atoms. The van der Waals surface area contributed by atoms with Crippen molar-refractivity contribution in [2.24, 2.45) is 0 Å². The summed E-state index contributed by atoms with van der Waals surface area (Å²) in [6.07, 6.45) is 1.52. The molecule has 2 aromatic rings. The maximum atomic E-state index is 11.8. The third-order valence-corrected chi connectivity index (χ3v) is 2.70. The second-order valence-corrected chi connectivity index (χ2v) is 4.00. The molecule has 0 atom stereocenters. The standard InChI is InChI=1S/C13H14N2O3/c1-7-4-5-9(12-15-8(2)6-18-12)10(11(7)14)13(16)17-3/h4-6H,14H2,1-3H3. The average Bonchev–Trinajstić information content (AvgIpc) is 2.78. The molecular formula is C13H14N2O3. The van der Waals surface area contributed by atoms with Crippen molar-refractivity contribution >= 4 is 11.7 Å². The zero-order valence-electron chi connectivity index (χ0n) is 10.5. The van der Waals surface area contributed by atoms with Gasteiger partial charge in [0.15, 0.2) is 0 Å². The smallest absolute Gasteiger partial charge is 0.340 e. The first kappa shape index (κ1) is 12.2. The molecular weight excluding hydrogens is 232 g/mol. The first-order valence-corrected chi connectivity index (χ1v) is 5.44. The Morgan fingerprint density at radius 2 is 2.11 bits per heavy atom. The van der Waals surface area contributed by atoms with Gasteiger partial charge in [0.05, 0.1) is 23.9 Å². The zero-order valence-corrected chi connectivity index (χ0v) is 10.5. The Labute approximate surface area is 105 Å². The number of nitrogen functional groups attached to an aromatic ring is 1. The van der Waals surface area contributed by atoms with Crippen LogP contribution in [0.5, 0.6) is 0 Å². The molecule has 2 N–H and O–H groups in total. The van der Waals surface area contributed by atoms with Crippen molar-refractivity contribution in [2.45, 2.75) is 13.8 Å². The van der Waals surface area contributed by atoms with E-state index in [1.807, 2.05) is 19.9 Å². The van der Waals surface area contributed by atoms with Crippen LogP contribution < -0.4 is 5.73 Å². The summed E-state index contributed by atoms with van der Waals surface area (Å²) in [6, 6.07) is 3.57. The van der Waals surface area contributed by atoms with Crippen molar-refractivity contribution < 1.29 is 13.9 Å². The van der Waals surface area contributed by atoms with Crippen LogP contribution in [-0.4, -0.2) is 18.1 Å². The highest BCUT2D eigenvalue weighted by atomic mass is 16.5. The number of esters is 1. The van der Waals surface area contributed by atoms with Gasteiger partial charge in [-0.2, -0.15) is 0 Å². The van der Waals surface area contributed by atoms with Crippen molar-refractivity contribution in [2.75, 3.05) is 12.8 Å². The largest absolute Gasteiger partial charge is 0.465 e. The second kappa shape index (κ2) is 4.52. The maximum Gasteiger partial charge on any atom is 0.340 e. The summed E-state index contributed by atoms with van der Waals surface area (Å²) in [5.74, 6) is -0.137. The highest BCUT2D eigenvalue weighted by molar-refractivity contribution is 6.02. The zero-order chi connectivity index (χ0) is 13.3. The highest BCUT2D eigenvalue weighted by Gasteiger charge is 2.21. The molecule has 0 aliphatic heterocycles. The van der Waals surface area contributed by atoms with E-state index in [0.717, 1.165) is 11.3 Å². The van der Waals surface area contributed by atoms with Crippen molar-refractivity contribution in [3.05, 3.63) is 35.2 Å². The topological polar surface area (TPSA) is 78.3 Å². The minimum atomic E-state index is -0.498. The Morgan fingerprint density at radius 3 is 2.67 bits per heavy atom. The first-order valence-electron chi connectivity index (χ1n) is 5.44. The first-order chi connectivity index (χ1) is 8.54. The summed E-state index contributed by atoms with van der Waals surface area (Å²) in [7, 11) is 1.31. The average molecular weight is 246 g/mol. The fraction of sp³-hybridized carbons (Fsp3) is 0.231. The summed E-state index contributed by atoms with van der Waals surface area (Å²) >= 11 is 0. The van der Waals surface area contributed by atoms with E-state index in [1.165, 1.54) is 13.4 Å². The third-order valence-electron chi connectivity index (χ3n) is 2.70. The lowest BCUT2D eigenvalue weighted by Crippen LogP contribution is -2.09. The fourth-order valence-electron chi connectivity index (χ4n) is 1.70. The van der Waals surface area contributed by atoms with Gasteiger partial charge in [-0.25, -0.2) is 9.78 Å². The number of nitrogens with two attached hydrogens (primary N) is 1. The third kappa shape index (κ3) is 1.95. The molecule has 0 saturated heterocycles. The van der Waals surface area contributed by atoms with Gasteiger partial charge in [-0.1, -0.05) is 6.07 Å². The summed E-state index contributed by atoms with van der Waals surface area (Å²) in [4.78, 5) is 16.0. The predicted octanol–water partition coefficient (Wildman–Crippen LogP) is 2.33. The summed E-state index contributed by atoms with van der Waals surface area (Å²) in [5, 5.41) is 0. The molecule has 5 heteroatoms. The molecule has 1 heterocycles. The number of hydrogen-bond donors (Lipinski definition) is 1. The van der Waals surface area contributed by atoms with Crippen LogP contribution in [0.15, 0.2) is 22.8 Å². The lowest BCUT2D eigenvalue weighted by molar-refractivity contribution is 0.0602. The number of ether oxygens (including phenoxy) is 1. The van der Waals surface area contributed by atoms with Crippen LogP contribution in [0.2, 0.25) is 0 Å². The summed E-state index contributed by atoms with van der Waals surface area (Å²) < 4.78 is 10.1. The quantitative estimate of drug-likeness (QED) is 0.650. The van der Waals surface area contributed by atoms with Crippen LogP contribution in [0.25, 0.3) is 11.5 Å². The molecule has 0 bridgehead atoms. The van der Waals surface area contributed by atoms with Crippen LogP contribution in [-0.2, 0) is 4.74 Å². The monoisotopic (exact) mass is 246 g/mol. The van der Waals surface area contributed by atoms with Crippen LogP contribution in [0.3, 0.4) is 0 Å². The molecule has 94 valence electrons. The SMILES string of the molecule is COC(=O)c1c(-c2nc(C)co2)ccc(C)c1N. The molecule has 2 rings (SSSR count). The Kier molecular flexibility index (Phi) is 3.06. The van der Waals surface area contributed by atoms with Crippen LogP contribution in [0.4, 0.5) is 5.69 Å². The predicted molar refractivity (Wildman–Crippen MR) is 67.2 cm³/mol. The van der Waals surface area contributed by atoms with Gasteiger partial charge in [0.25, 0.3) is 0 Å². The number of nitrogens with zero attached hydrogens (tertiary/aromatic N) is 1. The van der Waals surface area contributed by atoms with Crippen molar-refractivity contribution in [1.82, 2.24) is 4.98 Å². The molecule has 1 aromatic heterocycles. The van der Waals surface area contributed by atoms with E-state index in [4.69, 9.17) is 14.9 Å². The van der Waals surface area contributed by atoms with Crippen LogP contribution in [0.1, 0.15) is 21.6 Å². The molecule has 0 saturated carbocycles. The van der Waals surface area contributed by atoms with Gasteiger partial charge in [0.2, 0.25) is 5.89 Å². The van der Waals surface area contributed by atoms with Crippen LogP contribution >= 0.6 is 0 Å². The second-order valence-electron chi connectivity index (χ2n) is 4.00. The van der Waals surface area contributed by atoms with E-state index in [0.29, 0.717) is 22.7 Å². The van der Waals surface area contributed by atoms with Crippen molar-refractivity contribution in [3.8, 4) is 11.5 Å². The van der Waals surface area contributed by atoms with E-state index in [9.17, 15) is 4.79 Å². The van der Waals surface area contributed by atoms with E-state index >= 15 is 0 Å². The van der Waals surface area contributed by atoms with Gasteiger partial charge in [-0.3, -0.25) is 0 Å². The Bertz CT molecular complexity index is 602.